The average Bonchev–Trinajstić information content (AvgIpc) is 3.34. The number of nitrogens with one attached hydrogen (secondary N) is 2. The van der Waals surface area contributed by atoms with Gasteiger partial charge in [0.2, 0.25) is 0 Å². The maximum atomic E-state index is 12.2. The minimum atomic E-state index is -0.405. The van der Waals surface area contributed by atoms with E-state index < -0.39 is 5.91 Å². The predicted molar refractivity (Wildman–Crippen MR) is 118 cm³/mol. The number of furan rings is 1. The summed E-state index contributed by atoms with van der Waals surface area (Å²) in [5.41, 5.74) is 10.2. The molecule has 4 rings (SSSR count). The molecule has 31 heavy (non-hydrogen) atoms. The van der Waals surface area contributed by atoms with E-state index in [-0.39, 0.29) is 5.76 Å². The highest BCUT2D eigenvalue weighted by Gasteiger charge is 2.14. The summed E-state index contributed by atoms with van der Waals surface area (Å²) in [6, 6.07) is 21.1. The van der Waals surface area contributed by atoms with Crippen molar-refractivity contribution in [1.82, 2.24) is 15.6 Å². The van der Waals surface area contributed by atoms with Crippen molar-refractivity contribution in [2.45, 2.75) is 13.3 Å². The minimum absolute atomic E-state index is 0.197. The normalized spacial score (nSPS) is 10.5. The fourth-order valence-corrected chi connectivity index (χ4v) is 3.18. The third kappa shape index (κ3) is 4.72. The molecule has 0 saturated carbocycles. The van der Waals surface area contributed by atoms with E-state index in [0.717, 1.165) is 28.1 Å². The predicted octanol–water partition coefficient (Wildman–Crippen LogP) is 4.40. The summed E-state index contributed by atoms with van der Waals surface area (Å²) < 4.78 is 10.6. The molecule has 2 aromatic carbocycles. The zero-order valence-corrected chi connectivity index (χ0v) is 17.3. The van der Waals surface area contributed by atoms with Gasteiger partial charge in [-0.1, -0.05) is 48.0 Å². The number of amides is 1. The molecule has 7 heteroatoms. The highest BCUT2D eigenvalue weighted by Crippen LogP contribution is 2.26. The Labute approximate surface area is 180 Å². The zero-order valence-electron chi connectivity index (χ0n) is 17.3. The number of hydrogen-bond acceptors (Lipinski definition) is 6. The lowest BCUT2D eigenvalue weighted by Crippen LogP contribution is -2.30. The van der Waals surface area contributed by atoms with Crippen molar-refractivity contribution in [3.8, 4) is 17.0 Å². The number of aryl methyl sites for hydroxylation is 1. The quantitative estimate of drug-likeness (QED) is 0.436. The largest absolute Gasteiger partial charge is 0.496 e. The number of hydrazine groups is 1. The standard InChI is InChI=1S/C24H22N4O3/c1-16-9-11-17(12-10-16)20-15-19(14-18-6-3-4-7-21(18)30-2)23(26-25-20)27-28-24(29)22-8-5-13-31-22/h3-13,15H,14H2,1-2H3,(H,26,27)(H,28,29). The van der Waals surface area contributed by atoms with Gasteiger partial charge in [0.25, 0.3) is 0 Å². The number of ether oxygens (including phenoxy) is 1. The zero-order chi connectivity index (χ0) is 21.6. The third-order valence-corrected chi connectivity index (χ3v) is 4.83. The number of methoxy groups -OCH3 is 1. The summed E-state index contributed by atoms with van der Waals surface area (Å²) in [5.74, 6) is 1.02. The van der Waals surface area contributed by atoms with Gasteiger partial charge in [-0.3, -0.25) is 15.6 Å². The van der Waals surface area contributed by atoms with Crippen molar-refractivity contribution < 1.29 is 13.9 Å². The molecular weight excluding hydrogens is 392 g/mol. The molecule has 2 heterocycles. The van der Waals surface area contributed by atoms with Crippen LogP contribution in [0.4, 0.5) is 5.82 Å². The summed E-state index contributed by atoms with van der Waals surface area (Å²) in [6.45, 7) is 2.04. The molecule has 0 aliphatic heterocycles. The summed E-state index contributed by atoms with van der Waals surface area (Å²) in [4.78, 5) is 12.2. The first-order valence-corrected chi connectivity index (χ1v) is 9.79. The third-order valence-electron chi connectivity index (χ3n) is 4.83. The fourth-order valence-electron chi connectivity index (χ4n) is 3.18. The summed E-state index contributed by atoms with van der Waals surface area (Å²) in [6.07, 6.45) is 1.98. The van der Waals surface area contributed by atoms with Crippen LogP contribution >= 0.6 is 0 Å². The van der Waals surface area contributed by atoms with Crippen molar-refractivity contribution in [1.29, 1.82) is 0 Å². The smallest absolute Gasteiger partial charge is 0.305 e. The SMILES string of the molecule is COc1ccccc1Cc1cc(-c2ccc(C)cc2)nnc1NNC(=O)c1ccco1. The number of hydrogen-bond donors (Lipinski definition) is 2. The molecule has 0 bridgehead atoms. The molecular formula is C24H22N4O3. The van der Waals surface area contributed by atoms with Crippen LogP contribution in [-0.2, 0) is 6.42 Å². The first-order chi connectivity index (χ1) is 15.1. The number of para-hydroxylation sites is 1. The van der Waals surface area contributed by atoms with Gasteiger partial charge < -0.3 is 9.15 Å². The number of nitrogens with zero attached hydrogens (tertiary/aromatic N) is 2. The molecule has 2 aromatic heterocycles. The molecule has 4 aromatic rings. The van der Waals surface area contributed by atoms with E-state index >= 15 is 0 Å². The average molecular weight is 414 g/mol. The highest BCUT2D eigenvalue weighted by molar-refractivity contribution is 5.92. The second kappa shape index (κ2) is 9.13. The Morgan fingerprint density at radius 1 is 1.00 bits per heavy atom. The Balaban J connectivity index is 1.65. The van der Waals surface area contributed by atoms with Gasteiger partial charge in [-0.2, -0.15) is 0 Å². The summed E-state index contributed by atoms with van der Waals surface area (Å²) >= 11 is 0. The Morgan fingerprint density at radius 2 is 1.81 bits per heavy atom. The number of aromatic nitrogens is 2. The van der Waals surface area contributed by atoms with E-state index in [1.807, 2.05) is 61.5 Å². The van der Waals surface area contributed by atoms with Gasteiger partial charge in [-0.25, -0.2) is 0 Å². The van der Waals surface area contributed by atoms with E-state index in [2.05, 4.69) is 21.0 Å². The van der Waals surface area contributed by atoms with Crippen LogP contribution in [0.25, 0.3) is 11.3 Å². The fraction of sp³-hybridized carbons (Fsp3) is 0.125. The lowest BCUT2D eigenvalue weighted by molar-refractivity contribution is 0.0935. The monoisotopic (exact) mass is 414 g/mol. The van der Waals surface area contributed by atoms with Crippen molar-refractivity contribution in [2.24, 2.45) is 0 Å². The first kappa shape index (κ1) is 20.2. The van der Waals surface area contributed by atoms with Crippen molar-refractivity contribution in [3.05, 3.63) is 95.4 Å². The van der Waals surface area contributed by atoms with Gasteiger partial charge in [-0.05, 0) is 36.8 Å². The second-order valence-corrected chi connectivity index (χ2v) is 7.01. The molecule has 1 amide bonds. The molecule has 0 aliphatic carbocycles. The number of benzene rings is 2. The van der Waals surface area contributed by atoms with Crippen molar-refractivity contribution in [2.75, 3.05) is 12.5 Å². The summed E-state index contributed by atoms with van der Waals surface area (Å²) in [5, 5.41) is 8.68. The van der Waals surface area contributed by atoms with Crippen molar-refractivity contribution >= 4 is 11.7 Å². The van der Waals surface area contributed by atoms with Gasteiger partial charge >= 0.3 is 5.91 Å². The first-order valence-electron chi connectivity index (χ1n) is 9.79. The van der Waals surface area contributed by atoms with Crippen LogP contribution in [0.5, 0.6) is 5.75 Å². The maximum Gasteiger partial charge on any atom is 0.305 e. The Kier molecular flexibility index (Phi) is 5.93. The van der Waals surface area contributed by atoms with Crippen LogP contribution in [0.1, 0.15) is 27.2 Å². The summed E-state index contributed by atoms with van der Waals surface area (Å²) in [7, 11) is 1.64. The van der Waals surface area contributed by atoms with Crippen LogP contribution in [0.2, 0.25) is 0 Å². The van der Waals surface area contributed by atoms with Crippen LogP contribution in [0.3, 0.4) is 0 Å². The van der Waals surface area contributed by atoms with Crippen LogP contribution in [-0.4, -0.2) is 23.2 Å². The molecule has 2 N–H and O–H groups in total. The number of carbonyl (C=O) groups is 1. The van der Waals surface area contributed by atoms with E-state index in [1.54, 1.807) is 19.2 Å². The topological polar surface area (TPSA) is 89.3 Å². The van der Waals surface area contributed by atoms with Gasteiger partial charge in [0.1, 0.15) is 5.75 Å². The lowest BCUT2D eigenvalue weighted by atomic mass is 10.0. The number of anilines is 1. The van der Waals surface area contributed by atoms with Crippen molar-refractivity contribution in [3.63, 3.8) is 0 Å². The van der Waals surface area contributed by atoms with E-state index in [4.69, 9.17) is 9.15 Å². The van der Waals surface area contributed by atoms with Gasteiger partial charge in [0.15, 0.2) is 11.6 Å². The highest BCUT2D eigenvalue weighted by atomic mass is 16.5. The Bertz CT molecular complexity index is 1170. The maximum absolute atomic E-state index is 12.2. The molecule has 7 nitrogen and oxygen atoms in total. The van der Waals surface area contributed by atoms with Gasteiger partial charge in [0.05, 0.1) is 19.1 Å². The molecule has 0 radical (unpaired) electrons. The lowest BCUT2D eigenvalue weighted by Gasteiger charge is -2.14. The van der Waals surface area contributed by atoms with Crippen LogP contribution in [0.15, 0.2) is 77.4 Å². The molecule has 0 atom stereocenters. The molecule has 0 fully saturated rings. The van der Waals surface area contributed by atoms with Crippen LogP contribution in [0, 0.1) is 6.92 Å². The van der Waals surface area contributed by atoms with Crippen LogP contribution < -0.4 is 15.6 Å². The number of rotatable bonds is 7. The molecule has 156 valence electrons. The second-order valence-electron chi connectivity index (χ2n) is 7.01. The minimum Gasteiger partial charge on any atom is -0.496 e. The van der Waals surface area contributed by atoms with E-state index in [9.17, 15) is 4.79 Å². The van der Waals surface area contributed by atoms with E-state index in [0.29, 0.717) is 12.2 Å². The molecule has 0 spiro atoms. The number of carbonyl (C=O) groups excluding carboxylic acids is 1. The Hall–Kier alpha value is -4.13. The van der Waals surface area contributed by atoms with Gasteiger partial charge in [0, 0.05) is 17.5 Å². The molecule has 0 saturated heterocycles. The Morgan fingerprint density at radius 3 is 2.55 bits per heavy atom. The van der Waals surface area contributed by atoms with E-state index in [1.165, 1.54) is 11.8 Å². The molecule has 0 unspecified atom stereocenters. The molecule has 0 aliphatic rings. The van der Waals surface area contributed by atoms with Gasteiger partial charge in [-0.15, -0.1) is 10.2 Å².